The Hall–Kier alpha value is -2.94. The van der Waals surface area contributed by atoms with Gasteiger partial charge in [0.15, 0.2) is 0 Å². The van der Waals surface area contributed by atoms with E-state index in [-0.39, 0.29) is 31.4 Å². The summed E-state index contributed by atoms with van der Waals surface area (Å²) in [6, 6.07) is 6.49. The lowest BCUT2D eigenvalue weighted by Gasteiger charge is -2.18. The van der Waals surface area contributed by atoms with Gasteiger partial charge in [0.1, 0.15) is 0 Å². The zero-order valence-corrected chi connectivity index (χ0v) is 15.2. The number of carbonyl (C=O) groups is 4. The van der Waals surface area contributed by atoms with E-state index >= 15 is 0 Å². The van der Waals surface area contributed by atoms with E-state index in [0.717, 1.165) is 0 Å². The number of hydrogen-bond donors (Lipinski definition) is 4. The van der Waals surface area contributed by atoms with Crippen LogP contribution in [0.5, 0.6) is 0 Å². The van der Waals surface area contributed by atoms with Crippen molar-refractivity contribution in [1.29, 1.82) is 0 Å². The first-order valence-corrected chi connectivity index (χ1v) is 8.61. The minimum Gasteiger partial charge on any atom is -0.480 e. The van der Waals surface area contributed by atoms with Crippen LogP contribution in [0.25, 0.3) is 0 Å². The van der Waals surface area contributed by atoms with Crippen molar-refractivity contribution in [3.05, 3.63) is 35.4 Å². The fraction of sp³-hybridized carbons (Fsp3) is 0.444. The quantitative estimate of drug-likeness (QED) is 0.384. The molecule has 1 aromatic carbocycles. The standard InChI is InChI=1S/C18H25N3O6/c1-2-19-15(22)4-3-9-20-18(27)14-7-5-13(6-8-14)10-21(11-16(23)24)12-17(25)26/h5-8H,2-4,9-12H2,1H3,(H,19,22)(H,20,27)(H,23,24)(H,25,26). The van der Waals surface area contributed by atoms with Crippen LogP contribution in [0.2, 0.25) is 0 Å². The van der Waals surface area contributed by atoms with Crippen molar-refractivity contribution < 1.29 is 29.4 Å². The molecule has 9 nitrogen and oxygen atoms in total. The third-order valence-corrected chi connectivity index (χ3v) is 3.58. The molecule has 2 amide bonds. The summed E-state index contributed by atoms with van der Waals surface area (Å²) in [7, 11) is 0. The van der Waals surface area contributed by atoms with Gasteiger partial charge in [-0.1, -0.05) is 12.1 Å². The number of carbonyl (C=O) groups excluding carboxylic acids is 2. The molecule has 0 radical (unpaired) electrons. The molecule has 0 saturated heterocycles. The molecular weight excluding hydrogens is 354 g/mol. The molecule has 0 aromatic heterocycles. The summed E-state index contributed by atoms with van der Waals surface area (Å²) in [6.45, 7) is 2.16. The normalized spacial score (nSPS) is 10.4. The third kappa shape index (κ3) is 9.36. The maximum atomic E-state index is 12.1. The van der Waals surface area contributed by atoms with Gasteiger partial charge in [0, 0.05) is 31.6 Å². The van der Waals surface area contributed by atoms with E-state index in [4.69, 9.17) is 10.2 Å². The average molecular weight is 379 g/mol. The molecule has 4 N–H and O–H groups in total. The average Bonchev–Trinajstić information content (AvgIpc) is 2.58. The zero-order chi connectivity index (χ0) is 20.2. The van der Waals surface area contributed by atoms with Crippen LogP contribution in [-0.4, -0.2) is 65.0 Å². The van der Waals surface area contributed by atoms with Gasteiger partial charge in [0.25, 0.3) is 5.91 Å². The van der Waals surface area contributed by atoms with E-state index in [0.29, 0.717) is 37.1 Å². The molecule has 0 atom stereocenters. The van der Waals surface area contributed by atoms with Crippen molar-refractivity contribution in [2.24, 2.45) is 0 Å². The molecule has 27 heavy (non-hydrogen) atoms. The van der Waals surface area contributed by atoms with E-state index < -0.39 is 11.9 Å². The molecule has 0 unspecified atom stereocenters. The van der Waals surface area contributed by atoms with Crippen LogP contribution in [0.15, 0.2) is 24.3 Å². The molecule has 1 aromatic rings. The summed E-state index contributed by atoms with van der Waals surface area (Å²) in [6.07, 6.45) is 0.880. The highest BCUT2D eigenvalue weighted by molar-refractivity contribution is 5.94. The number of nitrogens with one attached hydrogen (secondary N) is 2. The minimum atomic E-state index is -1.11. The number of hydrogen-bond acceptors (Lipinski definition) is 5. The number of carboxylic acid groups (broad SMARTS) is 2. The van der Waals surface area contributed by atoms with Gasteiger partial charge in [0.2, 0.25) is 5.91 Å². The second kappa shape index (κ2) is 11.6. The van der Waals surface area contributed by atoms with Gasteiger partial charge >= 0.3 is 11.9 Å². The van der Waals surface area contributed by atoms with Crippen LogP contribution in [0.3, 0.4) is 0 Å². The zero-order valence-electron chi connectivity index (χ0n) is 15.2. The summed E-state index contributed by atoms with van der Waals surface area (Å²) in [5, 5.41) is 23.1. The first-order valence-electron chi connectivity index (χ1n) is 8.61. The number of rotatable bonds is 12. The first-order chi connectivity index (χ1) is 12.8. The van der Waals surface area contributed by atoms with Crippen molar-refractivity contribution in [1.82, 2.24) is 15.5 Å². The Morgan fingerprint density at radius 1 is 0.963 bits per heavy atom. The molecule has 0 bridgehead atoms. The number of amides is 2. The molecule has 0 saturated carbocycles. The molecular formula is C18H25N3O6. The van der Waals surface area contributed by atoms with Gasteiger partial charge in [-0.15, -0.1) is 0 Å². The summed E-state index contributed by atoms with van der Waals surface area (Å²) in [5.74, 6) is -2.55. The lowest BCUT2D eigenvalue weighted by molar-refractivity contribution is -0.142. The predicted molar refractivity (Wildman–Crippen MR) is 97.2 cm³/mol. The summed E-state index contributed by atoms with van der Waals surface area (Å²) < 4.78 is 0. The van der Waals surface area contributed by atoms with E-state index in [2.05, 4.69) is 10.6 Å². The minimum absolute atomic E-state index is 0.0524. The maximum Gasteiger partial charge on any atom is 0.317 e. The summed E-state index contributed by atoms with van der Waals surface area (Å²) >= 11 is 0. The smallest absolute Gasteiger partial charge is 0.317 e. The Bertz CT molecular complexity index is 644. The van der Waals surface area contributed by atoms with Gasteiger partial charge in [-0.3, -0.25) is 24.1 Å². The van der Waals surface area contributed by atoms with E-state index in [1.807, 2.05) is 6.92 Å². The van der Waals surface area contributed by atoms with Gasteiger partial charge < -0.3 is 20.8 Å². The molecule has 0 aliphatic carbocycles. The van der Waals surface area contributed by atoms with Gasteiger partial charge in [-0.05, 0) is 31.0 Å². The Morgan fingerprint density at radius 2 is 1.56 bits per heavy atom. The van der Waals surface area contributed by atoms with Crippen LogP contribution >= 0.6 is 0 Å². The summed E-state index contributed by atoms with van der Waals surface area (Å²) in [5.41, 5.74) is 1.13. The number of nitrogens with zero attached hydrogens (tertiary/aromatic N) is 1. The molecule has 0 aliphatic rings. The van der Waals surface area contributed by atoms with Crippen molar-refractivity contribution >= 4 is 23.8 Å². The number of aliphatic carboxylic acids is 2. The lowest BCUT2D eigenvalue weighted by atomic mass is 10.1. The summed E-state index contributed by atoms with van der Waals surface area (Å²) in [4.78, 5) is 46.3. The Balaban J connectivity index is 2.51. The monoisotopic (exact) mass is 379 g/mol. The first kappa shape index (κ1) is 22.1. The second-order valence-corrected chi connectivity index (χ2v) is 5.94. The molecule has 0 fully saturated rings. The molecule has 0 heterocycles. The third-order valence-electron chi connectivity index (χ3n) is 3.58. The SMILES string of the molecule is CCNC(=O)CCCNC(=O)c1ccc(CN(CC(=O)O)CC(=O)O)cc1. The van der Waals surface area contributed by atoms with Crippen molar-refractivity contribution in [3.63, 3.8) is 0 Å². The number of benzene rings is 1. The van der Waals surface area contributed by atoms with Crippen LogP contribution in [0, 0.1) is 0 Å². The van der Waals surface area contributed by atoms with E-state index in [9.17, 15) is 19.2 Å². The highest BCUT2D eigenvalue weighted by Crippen LogP contribution is 2.08. The van der Waals surface area contributed by atoms with Crippen LogP contribution < -0.4 is 10.6 Å². The molecule has 0 aliphatic heterocycles. The molecule has 148 valence electrons. The number of carboxylic acids is 2. The highest BCUT2D eigenvalue weighted by atomic mass is 16.4. The van der Waals surface area contributed by atoms with E-state index in [1.54, 1.807) is 24.3 Å². The van der Waals surface area contributed by atoms with Crippen molar-refractivity contribution in [2.75, 3.05) is 26.2 Å². The van der Waals surface area contributed by atoms with Crippen molar-refractivity contribution in [3.8, 4) is 0 Å². The Labute approximate surface area is 157 Å². The Morgan fingerprint density at radius 3 is 2.07 bits per heavy atom. The van der Waals surface area contributed by atoms with Gasteiger partial charge in [-0.2, -0.15) is 0 Å². The lowest BCUT2D eigenvalue weighted by Crippen LogP contribution is -2.34. The van der Waals surface area contributed by atoms with Gasteiger partial charge in [0.05, 0.1) is 13.1 Å². The maximum absolute atomic E-state index is 12.1. The molecule has 0 spiro atoms. The highest BCUT2D eigenvalue weighted by Gasteiger charge is 2.14. The van der Waals surface area contributed by atoms with E-state index in [1.165, 1.54) is 4.90 Å². The Kier molecular flexibility index (Phi) is 9.52. The fourth-order valence-corrected chi connectivity index (χ4v) is 2.41. The van der Waals surface area contributed by atoms with Crippen LogP contribution in [-0.2, 0) is 20.9 Å². The largest absolute Gasteiger partial charge is 0.480 e. The van der Waals surface area contributed by atoms with Crippen LogP contribution in [0.1, 0.15) is 35.7 Å². The molecule has 9 heteroatoms. The van der Waals surface area contributed by atoms with Gasteiger partial charge in [-0.25, -0.2) is 0 Å². The van der Waals surface area contributed by atoms with Crippen LogP contribution in [0.4, 0.5) is 0 Å². The second-order valence-electron chi connectivity index (χ2n) is 5.94. The topological polar surface area (TPSA) is 136 Å². The van der Waals surface area contributed by atoms with Crippen molar-refractivity contribution in [2.45, 2.75) is 26.3 Å². The predicted octanol–water partition coefficient (Wildman–Crippen LogP) is 0.304. The molecule has 1 rings (SSSR count). The fourth-order valence-electron chi connectivity index (χ4n) is 2.41.